The molecule has 2 unspecified atom stereocenters. The average Bonchev–Trinajstić information content (AvgIpc) is 2.98. The van der Waals surface area contributed by atoms with Crippen LogP contribution in [0.5, 0.6) is 0 Å². The number of likely N-dealkylation sites (tertiary alicyclic amines) is 1. The van der Waals surface area contributed by atoms with Gasteiger partial charge < -0.3 is 10.2 Å². The minimum Gasteiger partial charge on any atom is -0.352 e. The zero-order chi connectivity index (χ0) is 19.2. The fraction of sp³-hybridized carbons (Fsp3) is 0.650. The van der Waals surface area contributed by atoms with Gasteiger partial charge in [0.15, 0.2) is 0 Å². The van der Waals surface area contributed by atoms with Gasteiger partial charge in [-0.3, -0.25) is 4.79 Å². The first-order valence-electron chi connectivity index (χ1n) is 9.70. The molecule has 0 radical (unpaired) electrons. The van der Waals surface area contributed by atoms with Gasteiger partial charge in [-0.05, 0) is 54.7 Å². The maximum atomic E-state index is 13.3. The van der Waals surface area contributed by atoms with Crippen LogP contribution in [-0.4, -0.2) is 37.0 Å². The number of hydrogen-bond acceptors (Lipinski definition) is 2. The lowest BCUT2D eigenvalue weighted by Gasteiger charge is -2.23. The van der Waals surface area contributed by atoms with Crippen molar-refractivity contribution in [3.05, 3.63) is 35.1 Å². The molecule has 1 amide bonds. The third-order valence-corrected chi connectivity index (χ3v) is 6.47. The number of carbonyl (C=O) groups excluding carboxylic acids is 1. The number of nitrogens with zero attached hydrogens (tertiary/aromatic N) is 1. The summed E-state index contributed by atoms with van der Waals surface area (Å²) in [6.07, 6.45) is 0.557. The Morgan fingerprint density at radius 2 is 1.81 bits per heavy atom. The van der Waals surface area contributed by atoms with Gasteiger partial charge in [0, 0.05) is 31.7 Å². The van der Waals surface area contributed by atoms with E-state index in [1.807, 2.05) is 0 Å². The Bertz CT molecular complexity index is 702. The molecule has 2 saturated carbocycles. The molecule has 1 heterocycles. The molecule has 2 atom stereocenters. The van der Waals surface area contributed by atoms with Crippen LogP contribution in [0.4, 0.5) is 17.6 Å². The van der Waals surface area contributed by atoms with E-state index in [0.29, 0.717) is 36.4 Å². The fourth-order valence-corrected chi connectivity index (χ4v) is 4.94. The minimum absolute atomic E-state index is 0.155. The SMILES string of the molecule is O=C(NCC1C2CN(CC3CCCC3)CC12)c1ccc(F)c(C(F)(F)F)c1. The summed E-state index contributed by atoms with van der Waals surface area (Å²) in [5.74, 6) is 0.487. The summed E-state index contributed by atoms with van der Waals surface area (Å²) in [7, 11) is 0. The highest BCUT2D eigenvalue weighted by molar-refractivity contribution is 5.94. The highest BCUT2D eigenvalue weighted by atomic mass is 19.4. The van der Waals surface area contributed by atoms with E-state index in [2.05, 4.69) is 10.2 Å². The number of carbonyl (C=O) groups is 1. The van der Waals surface area contributed by atoms with Crippen LogP contribution in [0, 0.1) is 29.5 Å². The lowest BCUT2D eigenvalue weighted by atomic mass is 10.1. The van der Waals surface area contributed by atoms with Gasteiger partial charge >= 0.3 is 6.18 Å². The highest BCUT2D eigenvalue weighted by Crippen LogP contribution is 2.51. The van der Waals surface area contributed by atoms with E-state index in [4.69, 9.17) is 0 Å². The summed E-state index contributed by atoms with van der Waals surface area (Å²) in [4.78, 5) is 14.7. The predicted octanol–water partition coefficient (Wildman–Crippen LogP) is 3.94. The number of piperidine rings is 1. The van der Waals surface area contributed by atoms with Gasteiger partial charge in [-0.15, -0.1) is 0 Å². The molecule has 1 N–H and O–H groups in total. The van der Waals surface area contributed by atoms with E-state index in [9.17, 15) is 22.4 Å². The first-order chi connectivity index (χ1) is 12.8. The van der Waals surface area contributed by atoms with Crippen LogP contribution in [-0.2, 0) is 6.18 Å². The van der Waals surface area contributed by atoms with Gasteiger partial charge in [0.25, 0.3) is 5.91 Å². The van der Waals surface area contributed by atoms with Crippen LogP contribution in [0.1, 0.15) is 41.6 Å². The van der Waals surface area contributed by atoms with Gasteiger partial charge in [0.2, 0.25) is 0 Å². The number of fused-ring (bicyclic) bond motifs is 1. The van der Waals surface area contributed by atoms with E-state index in [1.165, 1.54) is 32.2 Å². The number of halogens is 4. The summed E-state index contributed by atoms with van der Waals surface area (Å²) in [6.45, 7) is 3.79. The van der Waals surface area contributed by atoms with Gasteiger partial charge in [-0.25, -0.2) is 4.39 Å². The second-order valence-corrected chi connectivity index (χ2v) is 8.26. The Kier molecular flexibility index (Phi) is 4.91. The molecule has 1 saturated heterocycles. The van der Waals surface area contributed by atoms with Crippen molar-refractivity contribution in [2.75, 3.05) is 26.2 Å². The smallest absolute Gasteiger partial charge is 0.352 e. The van der Waals surface area contributed by atoms with E-state index >= 15 is 0 Å². The Hall–Kier alpha value is -1.63. The molecule has 3 aliphatic rings. The molecule has 1 aromatic carbocycles. The van der Waals surface area contributed by atoms with Crippen molar-refractivity contribution in [1.82, 2.24) is 10.2 Å². The van der Waals surface area contributed by atoms with E-state index in [-0.39, 0.29) is 5.56 Å². The fourth-order valence-electron chi connectivity index (χ4n) is 4.94. The molecular weight excluding hydrogens is 360 g/mol. The minimum atomic E-state index is -4.81. The zero-order valence-corrected chi connectivity index (χ0v) is 15.1. The standard InChI is InChI=1S/C20H24F4N2O/c21-18-6-5-13(7-17(18)20(22,23)24)19(27)25-8-14-15-10-26(11-16(14)15)9-12-3-1-2-4-12/h5-7,12,14-16H,1-4,8-11H2,(H,25,27). The lowest BCUT2D eigenvalue weighted by molar-refractivity contribution is -0.140. The molecule has 0 bridgehead atoms. The maximum Gasteiger partial charge on any atom is 0.419 e. The van der Waals surface area contributed by atoms with Crippen molar-refractivity contribution in [2.45, 2.75) is 31.9 Å². The van der Waals surface area contributed by atoms with E-state index < -0.39 is 23.5 Å². The van der Waals surface area contributed by atoms with E-state index in [1.54, 1.807) is 0 Å². The summed E-state index contributed by atoms with van der Waals surface area (Å²) < 4.78 is 51.7. The van der Waals surface area contributed by atoms with Crippen molar-refractivity contribution in [3.8, 4) is 0 Å². The number of rotatable bonds is 5. The molecule has 3 fully saturated rings. The first-order valence-corrected chi connectivity index (χ1v) is 9.70. The predicted molar refractivity (Wildman–Crippen MR) is 92.6 cm³/mol. The number of alkyl halides is 3. The van der Waals surface area contributed by atoms with Gasteiger partial charge in [0.05, 0.1) is 5.56 Å². The van der Waals surface area contributed by atoms with Gasteiger partial charge in [-0.2, -0.15) is 13.2 Å². The van der Waals surface area contributed by atoms with Crippen LogP contribution in [0.25, 0.3) is 0 Å². The number of amides is 1. The Morgan fingerprint density at radius 3 is 2.44 bits per heavy atom. The highest BCUT2D eigenvalue weighted by Gasteiger charge is 2.55. The average molecular weight is 384 g/mol. The molecule has 3 nitrogen and oxygen atoms in total. The lowest BCUT2D eigenvalue weighted by Crippen LogP contribution is -2.32. The monoisotopic (exact) mass is 384 g/mol. The molecular formula is C20H24F4N2O. The van der Waals surface area contributed by atoms with Crippen LogP contribution in [0.3, 0.4) is 0 Å². The first kappa shape index (κ1) is 18.7. The van der Waals surface area contributed by atoms with E-state index in [0.717, 1.165) is 25.1 Å². The molecule has 1 aromatic rings. The van der Waals surface area contributed by atoms with Gasteiger partial charge in [0.1, 0.15) is 5.82 Å². The molecule has 27 heavy (non-hydrogen) atoms. The summed E-state index contributed by atoms with van der Waals surface area (Å²) in [5, 5.41) is 2.73. The summed E-state index contributed by atoms with van der Waals surface area (Å²) in [6, 6.07) is 2.38. The quantitative estimate of drug-likeness (QED) is 0.780. The Morgan fingerprint density at radius 1 is 1.15 bits per heavy atom. The van der Waals surface area contributed by atoms with Gasteiger partial charge in [-0.1, -0.05) is 12.8 Å². The topological polar surface area (TPSA) is 32.3 Å². The van der Waals surface area contributed by atoms with Crippen molar-refractivity contribution in [1.29, 1.82) is 0 Å². The second kappa shape index (κ2) is 7.08. The van der Waals surface area contributed by atoms with Crippen molar-refractivity contribution in [3.63, 3.8) is 0 Å². The largest absolute Gasteiger partial charge is 0.419 e. The molecule has 4 rings (SSSR count). The number of hydrogen-bond donors (Lipinski definition) is 1. The van der Waals surface area contributed by atoms with Crippen LogP contribution < -0.4 is 5.32 Å². The molecule has 7 heteroatoms. The maximum absolute atomic E-state index is 13.3. The zero-order valence-electron chi connectivity index (χ0n) is 15.1. The Labute approximate surface area is 156 Å². The van der Waals surface area contributed by atoms with Crippen LogP contribution in [0.15, 0.2) is 18.2 Å². The third kappa shape index (κ3) is 3.98. The third-order valence-electron chi connectivity index (χ3n) is 6.47. The second-order valence-electron chi connectivity index (χ2n) is 8.26. The molecule has 1 aliphatic heterocycles. The normalized spacial score (nSPS) is 28.4. The molecule has 0 aromatic heterocycles. The van der Waals surface area contributed by atoms with Crippen LogP contribution in [0.2, 0.25) is 0 Å². The Balaban J connectivity index is 1.26. The van der Waals surface area contributed by atoms with Crippen molar-refractivity contribution >= 4 is 5.91 Å². The van der Waals surface area contributed by atoms with Crippen molar-refractivity contribution in [2.24, 2.45) is 23.7 Å². The molecule has 2 aliphatic carbocycles. The summed E-state index contributed by atoms with van der Waals surface area (Å²) >= 11 is 0. The molecule has 148 valence electrons. The van der Waals surface area contributed by atoms with Crippen molar-refractivity contribution < 1.29 is 22.4 Å². The van der Waals surface area contributed by atoms with Crippen LogP contribution >= 0.6 is 0 Å². The number of benzene rings is 1. The number of nitrogens with one attached hydrogen (secondary N) is 1. The summed E-state index contributed by atoms with van der Waals surface area (Å²) in [5.41, 5.74) is -1.56. The molecule has 0 spiro atoms.